The second-order valence-electron chi connectivity index (χ2n) is 4.33. The van der Waals surface area contributed by atoms with E-state index in [0.717, 1.165) is 24.5 Å². The van der Waals surface area contributed by atoms with E-state index in [9.17, 15) is 0 Å². The van der Waals surface area contributed by atoms with Gasteiger partial charge in [-0.1, -0.05) is 23.7 Å². The van der Waals surface area contributed by atoms with Crippen LogP contribution in [-0.4, -0.2) is 33.5 Å². The Morgan fingerprint density at radius 1 is 1.28 bits per heavy atom. The summed E-state index contributed by atoms with van der Waals surface area (Å²) < 4.78 is 10.4. The van der Waals surface area contributed by atoms with Gasteiger partial charge in [-0.15, -0.1) is 0 Å². The topological polar surface area (TPSA) is 44.5 Å². The highest BCUT2D eigenvalue weighted by Crippen LogP contribution is 2.16. The fourth-order valence-electron chi connectivity index (χ4n) is 1.79. The summed E-state index contributed by atoms with van der Waals surface area (Å²) in [6.07, 6.45) is 1.91. The molecule has 1 unspecified atom stereocenters. The molecule has 1 rings (SSSR count). The molecule has 1 aromatic rings. The molecular formula is C14H22ClNO2. The Bertz CT molecular complexity index is 333. The molecule has 0 spiro atoms. The maximum atomic E-state index is 5.96. The van der Waals surface area contributed by atoms with Crippen molar-refractivity contribution in [3.8, 4) is 0 Å². The zero-order valence-electron chi connectivity index (χ0n) is 10.9. The third kappa shape index (κ3) is 6.36. The minimum Gasteiger partial charge on any atom is -0.382 e. The van der Waals surface area contributed by atoms with E-state index in [1.54, 1.807) is 7.11 Å². The third-order valence-corrected chi connectivity index (χ3v) is 3.08. The van der Waals surface area contributed by atoms with Gasteiger partial charge >= 0.3 is 0 Å². The van der Waals surface area contributed by atoms with Gasteiger partial charge < -0.3 is 15.2 Å². The predicted octanol–water partition coefficient (Wildman–Crippen LogP) is 2.51. The Labute approximate surface area is 114 Å². The minimum absolute atomic E-state index is 0.436. The van der Waals surface area contributed by atoms with E-state index >= 15 is 0 Å². The average Bonchev–Trinajstić information content (AvgIpc) is 2.37. The Kier molecular flexibility index (Phi) is 8.01. The number of methoxy groups -OCH3 is 1. The van der Waals surface area contributed by atoms with Crippen LogP contribution in [0.15, 0.2) is 24.3 Å². The molecule has 0 bridgehead atoms. The van der Waals surface area contributed by atoms with Gasteiger partial charge in [-0.25, -0.2) is 0 Å². The second kappa shape index (κ2) is 9.34. The van der Waals surface area contributed by atoms with E-state index in [1.807, 2.05) is 18.2 Å². The predicted molar refractivity (Wildman–Crippen MR) is 75.0 cm³/mol. The number of halogens is 1. The highest BCUT2D eigenvalue weighted by molar-refractivity contribution is 6.30. The van der Waals surface area contributed by atoms with Gasteiger partial charge in [0.1, 0.15) is 0 Å². The zero-order valence-corrected chi connectivity index (χ0v) is 11.7. The summed E-state index contributed by atoms with van der Waals surface area (Å²) in [6.45, 7) is 2.68. The summed E-state index contributed by atoms with van der Waals surface area (Å²) in [6, 6.07) is 7.94. The van der Waals surface area contributed by atoms with Crippen LogP contribution in [0.2, 0.25) is 5.02 Å². The Morgan fingerprint density at radius 3 is 2.78 bits per heavy atom. The van der Waals surface area contributed by atoms with Crippen molar-refractivity contribution >= 4 is 11.6 Å². The first kappa shape index (κ1) is 15.4. The SMILES string of the molecule is COCCOCCC(CN)Cc1cccc(Cl)c1. The lowest BCUT2D eigenvalue weighted by atomic mass is 9.97. The summed E-state index contributed by atoms with van der Waals surface area (Å²) in [5.74, 6) is 0.436. The molecule has 2 N–H and O–H groups in total. The van der Waals surface area contributed by atoms with Gasteiger partial charge in [-0.3, -0.25) is 0 Å². The van der Waals surface area contributed by atoms with Gasteiger partial charge in [0.2, 0.25) is 0 Å². The normalized spacial score (nSPS) is 12.6. The monoisotopic (exact) mass is 271 g/mol. The van der Waals surface area contributed by atoms with E-state index in [0.29, 0.717) is 25.7 Å². The average molecular weight is 272 g/mol. The van der Waals surface area contributed by atoms with Gasteiger partial charge in [0.05, 0.1) is 13.2 Å². The number of hydrogen-bond acceptors (Lipinski definition) is 3. The van der Waals surface area contributed by atoms with Crippen LogP contribution in [0.25, 0.3) is 0 Å². The largest absolute Gasteiger partial charge is 0.382 e. The van der Waals surface area contributed by atoms with Crippen molar-refractivity contribution < 1.29 is 9.47 Å². The molecule has 0 aliphatic carbocycles. The fourth-order valence-corrected chi connectivity index (χ4v) is 2.01. The molecule has 0 heterocycles. The van der Waals surface area contributed by atoms with Crippen molar-refractivity contribution in [3.05, 3.63) is 34.9 Å². The van der Waals surface area contributed by atoms with Crippen LogP contribution in [0.4, 0.5) is 0 Å². The molecule has 0 aliphatic heterocycles. The Hall–Kier alpha value is -0.610. The highest BCUT2D eigenvalue weighted by Gasteiger charge is 2.08. The number of hydrogen-bond donors (Lipinski definition) is 1. The third-order valence-electron chi connectivity index (χ3n) is 2.85. The fraction of sp³-hybridized carbons (Fsp3) is 0.571. The van der Waals surface area contributed by atoms with Crippen LogP contribution < -0.4 is 5.73 Å². The van der Waals surface area contributed by atoms with Gasteiger partial charge in [0, 0.05) is 18.7 Å². The molecule has 102 valence electrons. The molecule has 3 nitrogen and oxygen atoms in total. The summed E-state index contributed by atoms with van der Waals surface area (Å²) in [5.41, 5.74) is 7.02. The van der Waals surface area contributed by atoms with E-state index < -0.39 is 0 Å². The lowest BCUT2D eigenvalue weighted by molar-refractivity contribution is 0.0641. The maximum absolute atomic E-state index is 5.96. The minimum atomic E-state index is 0.436. The van der Waals surface area contributed by atoms with E-state index in [4.69, 9.17) is 26.8 Å². The molecule has 0 fully saturated rings. The first-order valence-electron chi connectivity index (χ1n) is 6.27. The first-order valence-corrected chi connectivity index (χ1v) is 6.65. The molecule has 0 aromatic heterocycles. The summed E-state index contributed by atoms with van der Waals surface area (Å²) in [7, 11) is 1.67. The standard InChI is InChI=1S/C14H22ClNO2/c1-17-7-8-18-6-5-13(11-16)9-12-3-2-4-14(15)10-12/h2-4,10,13H,5-9,11,16H2,1H3. The molecule has 0 radical (unpaired) electrons. The molecule has 4 heteroatoms. The molecule has 1 atom stereocenters. The number of benzene rings is 1. The summed E-state index contributed by atoms with van der Waals surface area (Å²) >= 11 is 5.96. The van der Waals surface area contributed by atoms with Crippen molar-refractivity contribution in [2.24, 2.45) is 11.7 Å². The van der Waals surface area contributed by atoms with Crippen LogP contribution in [0.5, 0.6) is 0 Å². The van der Waals surface area contributed by atoms with E-state index in [2.05, 4.69) is 6.07 Å². The van der Waals surface area contributed by atoms with Crippen LogP contribution in [0.3, 0.4) is 0 Å². The molecule has 0 aliphatic rings. The first-order chi connectivity index (χ1) is 8.76. The van der Waals surface area contributed by atoms with Crippen molar-refractivity contribution in [1.82, 2.24) is 0 Å². The zero-order chi connectivity index (χ0) is 13.2. The lowest BCUT2D eigenvalue weighted by Gasteiger charge is -2.15. The second-order valence-corrected chi connectivity index (χ2v) is 4.77. The molecular weight excluding hydrogens is 250 g/mol. The van der Waals surface area contributed by atoms with Gasteiger partial charge in [-0.2, -0.15) is 0 Å². The maximum Gasteiger partial charge on any atom is 0.0700 e. The smallest absolute Gasteiger partial charge is 0.0700 e. The van der Waals surface area contributed by atoms with Crippen LogP contribution in [-0.2, 0) is 15.9 Å². The molecule has 0 saturated carbocycles. The Balaban J connectivity index is 2.28. The highest BCUT2D eigenvalue weighted by atomic mass is 35.5. The van der Waals surface area contributed by atoms with Gasteiger partial charge in [-0.05, 0) is 43.0 Å². The van der Waals surface area contributed by atoms with Crippen molar-refractivity contribution in [3.63, 3.8) is 0 Å². The van der Waals surface area contributed by atoms with Gasteiger partial charge in [0.25, 0.3) is 0 Å². The van der Waals surface area contributed by atoms with Crippen molar-refractivity contribution in [1.29, 1.82) is 0 Å². The van der Waals surface area contributed by atoms with E-state index in [-0.39, 0.29) is 0 Å². The molecule has 1 aromatic carbocycles. The van der Waals surface area contributed by atoms with Crippen LogP contribution in [0, 0.1) is 5.92 Å². The summed E-state index contributed by atoms with van der Waals surface area (Å²) in [5, 5.41) is 0.777. The van der Waals surface area contributed by atoms with Crippen LogP contribution in [0.1, 0.15) is 12.0 Å². The summed E-state index contributed by atoms with van der Waals surface area (Å²) in [4.78, 5) is 0. The van der Waals surface area contributed by atoms with Crippen molar-refractivity contribution in [2.75, 3.05) is 33.5 Å². The molecule has 0 saturated heterocycles. The van der Waals surface area contributed by atoms with Crippen LogP contribution >= 0.6 is 11.6 Å². The van der Waals surface area contributed by atoms with Crippen molar-refractivity contribution in [2.45, 2.75) is 12.8 Å². The van der Waals surface area contributed by atoms with E-state index in [1.165, 1.54) is 5.56 Å². The van der Waals surface area contributed by atoms with Gasteiger partial charge in [0.15, 0.2) is 0 Å². The molecule has 0 amide bonds. The number of rotatable bonds is 9. The Morgan fingerprint density at radius 2 is 2.11 bits per heavy atom. The molecule has 18 heavy (non-hydrogen) atoms. The quantitative estimate of drug-likeness (QED) is 0.702. The lowest BCUT2D eigenvalue weighted by Crippen LogP contribution is -2.19. The number of ether oxygens (including phenoxy) is 2. The number of nitrogens with two attached hydrogens (primary N) is 1.